The maximum atomic E-state index is 10.9. The zero-order chi connectivity index (χ0) is 14.8. The van der Waals surface area contributed by atoms with Crippen LogP contribution in [0.1, 0.15) is 20.3 Å². The van der Waals surface area contributed by atoms with Gasteiger partial charge in [-0.3, -0.25) is 14.9 Å². The van der Waals surface area contributed by atoms with Gasteiger partial charge in [-0.25, -0.2) is 0 Å². The summed E-state index contributed by atoms with van der Waals surface area (Å²) in [6.45, 7) is 3.61. The molecule has 0 bridgehead atoms. The number of nitro benzene ring substituents is 1. The summed E-state index contributed by atoms with van der Waals surface area (Å²) in [5, 5.41) is 10.7. The van der Waals surface area contributed by atoms with Gasteiger partial charge in [0.25, 0.3) is 5.69 Å². The van der Waals surface area contributed by atoms with Crippen molar-refractivity contribution in [2.24, 2.45) is 0 Å². The highest BCUT2D eigenvalue weighted by Crippen LogP contribution is 2.38. The van der Waals surface area contributed by atoms with E-state index in [9.17, 15) is 14.9 Å². The monoisotopic (exact) mass is 277 g/mol. The van der Waals surface area contributed by atoms with Crippen LogP contribution in [0, 0.1) is 10.1 Å². The van der Waals surface area contributed by atoms with Gasteiger partial charge in [-0.2, -0.15) is 0 Å². The van der Waals surface area contributed by atoms with E-state index < -0.39 is 10.5 Å². The molecule has 1 unspecified atom stereocenters. The van der Waals surface area contributed by atoms with Gasteiger partial charge in [0.15, 0.2) is 17.3 Å². The van der Waals surface area contributed by atoms with E-state index in [4.69, 9.17) is 9.47 Å². The minimum absolute atomic E-state index is 0.0265. The minimum Gasteiger partial charge on any atom is -0.485 e. The maximum Gasteiger partial charge on any atom is 0.273 e. The first-order valence-electron chi connectivity index (χ1n) is 6.17. The number of rotatable bonds is 4. The number of benzene rings is 1. The predicted molar refractivity (Wildman–Crippen MR) is 72.1 cm³/mol. The molecule has 1 aromatic rings. The summed E-state index contributed by atoms with van der Waals surface area (Å²) in [7, 11) is 0. The van der Waals surface area contributed by atoms with Crippen molar-refractivity contribution in [2.45, 2.75) is 25.9 Å². The van der Waals surface area contributed by atoms with Crippen LogP contribution in [0.4, 0.5) is 5.69 Å². The van der Waals surface area contributed by atoms with Crippen molar-refractivity contribution >= 4 is 11.5 Å². The first-order chi connectivity index (χ1) is 9.39. The molecular formula is C14H15NO5. The van der Waals surface area contributed by atoms with Crippen LogP contribution in [0.2, 0.25) is 0 Å². The number of hydrogen-bond acceptors (Lipinski definition) is 5. The summed E-state index contributed by atoms with van der Waals surface area (Å²) in [6, 6.07) is 4.25. The van der Waals surface area contributed by atoms with E-state index in [1.165, 1.54) is 31.2 Å². The number of ketones is 1. The topological polar surface area (TPSA) is 78.7 Å². The molecule has 0 amide bonds. The number of nitrogens with zero attached hydrogens (tertiary/aromatic N) is 1. The highest BCUT2D eigenvalue weighted by Gasteiger charge is 2.32. The van der Waals surface area contributed by atoms with E-state index in [1.807, 2.05) is 6.92 Å². The zero-order valence-corrected chi connectivity index (χ0v) is 11.3. The smallest absolute Gasteiger partial charge is 0.273 e. The average molecular weight is 277 g/mol. The van der Waals surface area contributed by atoms with E-state index in [-0.39, 0.29) is 18.1 Å². The van der Waals surface area contributed by atoms with Gasteiger partial charge in [-0.05, 0) is 26.0 Å². The number of carbonyl (C=O) groups is 1. The van der Waals surface area contributed by atoms with E-state index in [0.717, 1.165) is 0 Å². The Morgan fingerprint density at radius 1 is 1.50 bits per heavy atom. The third-order valence-electron chi connectivity index (χ3n) is 2.93. The van der Waals surface area contributed by atoms with Gasteiger partial charge in [0.2, 0.25) is 0 Å². The Hall–Kier alpha value is -2.37. The summed E-state index contributed by atoms with van der Waals surface area (Å²) in [6.07, 6.45) is 3.74. The molecule has 0 aromatic heterocycles. The van der Waals surface area contributed by atoms with E-state index in [1.54, 1.807) is 6.08 Å². The molecular weight excluding hydrogens is 262 g/mol. The number of non-ortho nitro benzene ring substituents is 1. The van der Waals surface area contributed by atoms with E-state index in [0.29, 0.717) is 17.9 Å². The van der Waals surface area contributed by atoms with Crippen molar-refractivity contribution in [1.82, 2.24) is 0 Å². The van der Waals surface area contributed by atoms with Crippen LogP contribution in [0.5, 0.6) is 11.5 Å². The van der Waals surface area contributed by atoms with Crippen molar-refractivity contribution < 1.29 is 19.2 Å². The van der Waals surface area contributed by atoms with Crippen molar-refractivity contribution in [3.8, 4) is 11.5 Å². The normalized spacial score (nSPS) is 20.9. The Bertz CT molecular complexity index is 581. The van der Waals surface area contributed by atoms with Gasteiger partial charge in [0.05, 0.1) is 11.0 Å². The Morgan fingerprint density at radius 2 is 2.25 bits per heavy atom. The molecule has 1 heterocycles. The largest absolute Gasteiger partial charge is 0.485 e. The van der Waals surface area contributed by atoms with E-state index in [2.05, 4.69) is 0 Å². The molecule has 1 aliphatic heterocycles. The first kappa shape index (κ1) is 14.0. The number of allylic oxidation sites excluding steroid dienone is 1. The molecule has 0 spiro atoms. The third-order valence-corrected chi connectivity index (χ3v) is 2.93. The summed E-state index contributed by atoms with van der Waals surface area (Å²) in [5.74, 6) is 0.814. The number of carbonyl (C=O) groups excluding carboxylic acids is 1. The molecule has 0 aliphatic carbocycles. The number of nitro groups is 1. The van der Waals surface area contributed by atoms with Crippen LogP contribution in [-0.4, -0.2) is 22.9 Å². The minimum atomic E-state index is -0.588. The number of hydrogen-bond donors (Lipinski definition) is 0. The molecule has 20 heavy (non-hydrogen) atoms. The third kappa shape index (κ3) is 3.14. The Balaban J connectivity index is 2.14. The Morgan fingerprint density at radius 3 is 2.90 bits per heavy atom. The van der Waals surface area contributed by atoms with Crippen molar-refractivity contribution in [2.75, 3.05) is 6.61 Å². The van der Waals surface area contributed by atoms with E-state index >= 15 is 0 Å². The van der Waals surface area contributed by atoms with Crippen LogP contribution in [0.15, 0.2) is 30.4 Å². The highest BCUT2D eigenvalue weighted by molar-refractivity contribution is 5.87. The Kier molecular flexibility index (Phi) is 3.74. The van der Waals surface area contributed by atoms with Crippen LogP contribution in [-0.2, 0) is 4.79 Å². The lowest BCUT2D eigenvalue weighted by atomic mass is 10.0. The first-order valence-corrected chi connectivity index (χ1v) is 6.17. The molecule has 1 aliphatic rings. The second-order valence-electron chi connectivity index (χ2n) is 4.95. The average Bonchev–Trinajstić information content (AvgIpc) is 2.37. The molecule has 1 atom stereocenters. The molecule has 0 saturated carbocycles. The number of fused-ring (bicyclic) bond motifs is 1. The van der Waals surface area contributed by atoms with Gasteiger partial charge in [0, 0.05) is 12.5 Å². The second kappa shape index (κ2) is 5.32. The highest BCUT2D eigenvalue weighted by atomic mass is 16.6. The molecule has 6 nitrogen and oxygen atoms in total. The van der Waals surface area contributed by atoms with Gasteiger partial charge in [0.1, 0.15) is 12.2 Å². The summed E-state index contributed by atoms with van der Waals surface area (Å²) in [5.41, 5.74) is -0.623. The lowest BCUT2D eigenvalue weighted by Crippen LogP contribution is -2.41. The molecule has 6 heteroatoms. The number of ether oxygens (including phenoxy) is 2. The molecule has 106 valence electrons. The second-order valence-corrected chi connectivity index (χ2v) is 4.95. The predicted octanol–water partition coefficient (Wildman–Crippen LogP) is 2.66. The van der Waals surface area contributed by atoms with Crippen molar-refractivity contribution in [3.63, 3.8) is 0 Å². The van der Waals surface area contributed by atoms with Gasteiger partial charge in [-0.1, -0.05) is 6.08 Å². The van der Waals surface area contributed by atoms with Crippen LogP contribution in [0.3, 0.4) is 0 Å². The van der Waals surface area contributed by atoms with Crippen LogP contribution < -0.4 is 9.47 Å². The molecule has 0 radical (unpaired) electrons. The summed E-state index contributed by atoms with van der Waals surface area (Å²) in [4.78, 5) is 21.1. The molecule has 1 aromatic carbocycles. The van der Waals surface area contributed by atoms with Crippen LogP contribution in [0.25, 0.3) is 0 Å². The lowest BCUT2D eigenvalue weighted by molar-refractivity contribution is -0.385. The quantitative estimate of drug-likeness (QED) is 0.480. The fraction of sp³-hybridized carbons (Fsp3) is 0.357. The van der Waals surface area contributed by atoms with Gasteiger partial charge in [-0.15, -0.1) is 0 Å². The maximum absolute atomic E-state index is 10.9. The Labute approximate surface area is 116 Å². The standard InChI is InChI=1S/C14H15NO5/c1-10(16)4-3-7-14(2)9-19-13-8-11(15(17)18)5-6-12(13)20-14/h3-6,8H,7,9H2,1-2H3/b4-3+. The zero-order valence-electron chi connectivity index (χ0n) is 11.3. The van der Waals surface area contributed by atoms with Crippen molar-refractivity contribution in [1.29, 1.82) is 0 Å². The summed E-state index contributed by atoms with van der Waals surface area (Å²) >= 11 is 0. The van der Waals surface area contributed by atoms with Gasteiger partial charge >= 0.3 is 0 Å². The fourth-order valence-electron chi connectivity index (χ4n) is 1.91. The summed E-state index contributed by atoms with van der Waals surface area (Å²) < 4.78 is 11.4. The van der Waals surface area contributed by atoms with Gasteiger partial charge < -0.3 is 9.47 Å². The van der Waals surface area contributed by atoms with Crippen LogP contribution >= 0.6 is 0 Å². The molecule has 0 saturated heterocycles. The molecule has 0 fully saturated rings. The van der Waals surface area contributed by atoms with Crippen molar-refractivity contribution in [3.05, 3.63) is 40.5 Å². The SMILES string of the molecule is CC(=O)/C=C/CC1(C)COc2cc([N+](=O)[O-])ccc2O1. The molecule has 0 N–H and O–H groups in total. The lowest BCUT2D eigenvalue weighted by Gasteiger charge is -2.34. The fourth-order valence-corrected chi connectivity index (χ4v) is 1.91. The molecule has 2 rings (SSSR count).